The van der Waals surface area contributed by atoms with Gasteiger partial charge < -0.3 is 5.32 Å². The highest BCUT2D eigenvalue weighted by atomic mass is 19.1. The van der Waals surface area contributed by atoms with Crippen LogP contribution in [0.2, 0.25) is 0 Å². The van der Waals surface area contributed by atoms with Crippen LogP contribution in [0.5, 0.6) is 0 Å². The van der Waals surface area contributed by atoms with Gasteiger partial charge in [-0.05, 0) is 66.7 Å². The molecule has 21 heavy (non-hydrogen) atoms. The number of anilines is 1. The number of benzene rings is 1. The van der Waals surface area contributed by atoms with Gasteiger partial charge in [0.1, 0.15) is 5.82 Å². The molecule has 1 N–H and O–H groups in total. The van der Waals surface area contributed by atoms with Gasteiger partial charge in [0.2, 0.25) is 5.91 Å². The summed E-state index contributed by atoms with van der Waals surface area (Å²) < 4.78 is 13.5. The Labute approximate surface area is 126 Å². The second-order valence-corrected chi connectivity index (χ2v) is 7.68. The second-order valence-electron chi connectivity index (χ2n) is 7.68. The predicted octanol–water partition coefficient (Wildman–Crippen LogP) is 4.71. The number of rotatable bonds is 1. The van der Waals surface area contributed by atoms with E-state index in [4.69, 9.17) is 0 Å². The van der Waals surface area contributed by atoms with E-state index in [-0.39, 0.29) is 17.6 Å². The summed E-state index contributed by atoms with van der Waals surface area (Å²) in [5.41, 5.74) is 2.00. The first-order valence-corrected chi connectivity index (χ1v) is 7.96. The maximum Gasteiger partial charge on any atom is 0.232 e. The van der Waals surface area contributed by atoms with Gasteiger partial charge in [0.05, 0.1) is 5.92 Å². The topological polar surface area (TPSA) is 29.1 Å². The van der Waals surface area contributed by atoms with Gasteiger partial charge in [-0.15, -0.1) is 0 Å². The van der Waals surface area contributed by atoms with Gasteiger partial charge in [-0.25, -0.2) is 4.39 Å². The van der Waals surface area contributed by atoms with Gasteiger partial charge in [-0.3, -0.25) is 4.79 Å². The molecule has 2 aliphatic rings. The van der Waals surface area contributed by atoms with Crippen molar-refractivity contribution in [2.45, 2.75) is 52.4 Å². The van der Waals surface area contributed by atoms with Crippen LogP contribution in [0.3, 0.4) is 0 Å². The first kappa shape index (κ1) is 14.6. The Morgan fingerprint density at radius 2 is 1.81 bits per heavy atom. The Bertz CT molecular complexity index is 553. The average molecular weight is 289 g/mol. The zero-order chi connectivity index (χ0) is 15.2. The van der Waals surface area contributed by atoms with E-state index in [0.717, 1.165) is 30.0 Å². The molecule has 1 heterocycles. The van der Waals surface area contributed by atoms with Crippen LogP contribution in [0.25, 0.3) is 0 Å². The number of hydrogen-bond acceptors (Lipinski definition) is 1. The molecule has 1 atom stereocenters. The first-order chi connectivity index (χ1) is 9.86. The summed E-state index contributed by atoms with van der Waals surface area (Å²) in [6.45, 7) is 6.89. The maximum absolute atomic E-state index is 13.5. The van der Waals surface area contributed by atoms with E-state index in [2.05, 4.69) is 26.1 Å². The first-order valence-electron chi connectivity index (χ1n) is 7.96. The number of carbonyl (C=O) groups excluding carboxylic acids is 1. The number of hydrogen-bond donors (Lipinski definition) is 1. The molecule has 114 valence electrons. The number of fused-ring (bicyclic) bond motifs is 1. The van der Waals surface area contributed by atoms with Gasteiger partial charge in [-0.2, -0.15) is 0 Å². The normalized spacial score (nSPS) is 29.1. The van der Waals surface area contributed by atoms with Crippen molar-refractivity contribution in [3.8, 4) is 0 Å². The number of carbonyl (C=O) groups is 1. The van der Waals surface area contributed by atoms with E-state index in [1.54, 1.807) is 6.07 Å². The smallest absolute Gasteiger partial charge is 0.232 e. The Morgan fingerprint density at radius 3 is 2.43 bits per heavy atom. The second kappa shape index (κ2) is 5.11. The highest BCUT2D eigenvalue weighted by molar-refractivity contribution is 6.03. The van der Waals surface area contributed by atoms with Gasteiger partial charge in [0.25, 0.3) is 0 Å². The predicted molar refractivity (Wildman–Crippen MR) is 82.7 cm³/mol. The summed E-state index contributed by atoms with van der Waals surface area (Å²) >= 11 is 0. The minimum absolute atomic E-state index is 0.0507. The van der Waals surface area contributed by atoms with Crippen LogP contribution >= 0.6 is 0 Å². The molecule has 1 aliphatic carbocycles. The van der Waals surface area contributed by atoms with Crippen LogP contribution in [-0.4, -0.2) is 5.91 Å². The van der Waals surface area contributed by atoms with Crippen LogP contribution in [0.4, 0.5) is 10.1 Å². The Hall–Kier alpha value is -1.38. The van der Waals surface area contributed by atoms with Crippen molar-refractivity contribution < 1.29 is 9.18 Å². The average Bonchev–Trinajstić information content (AvgIpc) is 2.73. The van der Waals surface area contributed by atoms with Crippen LogP contribution in [0.1, 0.15) is 57.9 Å². The lowest BCUT2D eigenvalue weighted by Crippen LogP contribution is -2.30. The summed E-state index contributed by atoms with van der Waals surface area (Å²) in [5.74, 6) is 0.724. The van der Waals surface area contributed by atoms with Crippen molar-refractivity contribution in [3.63, 3.8) is 0 Å². The fraction of sp³-hybridized carbons (Fsp3) is 0.611. The molecule has 1 unspecified atom stereocenters. The zero-order valence-corrected chi connectivity index (χ0v) is 13.1. The standard InChI is InChI=1S/C18H24FNO/c1-18(2,3)12-6-4-11(5-7-12)16-14-10-13(19)8-9-15(14)20-17(16)21/h8-12,16H,4-7H2,1-3H3,(H,20,21). The van der Waals surface area contributed by atoms with Crippen molar-refractivity contribution >= 4 is 11.6 Å². The molecule has 0 aromatic heterocycles. The van der Waals surface area contributed by atoms with Crippen LogP contribution in [0.15, 0.2) is 18.2 Å². The monoisotopic (exact) mass is 289 g/mol. The summed E-state index contributed by atoms with van der Waals surface area (Å²) in [6.07, 6.45) is 4.47. The molecule has 1 fully saturated rings. The van der Waals surface area contributed by atoms with E-state index in [9.17, 15) is 9.18 Å². The van der Waals surface area contributed by atoms with Crippen molar-refractivity contribution in [1.29, 1.82) is 0 Å². The Morgan fingerprint density at radius 1 is 1.14 bits per heavy atom. The number of amides is 1. The van der Waals surface area contributed by atoms with Gasteiger partial charge in [-0.1, -0.05) is 20.8 Å². The third kappa shape index (κ3) is 2.70. The van der Waals surface area contributed by atoms with E-state index in [0.29, 0.717) is 11.3 Å². The third-order valence-electron chi connectivity index (χ3n) is 5.36. The van der Waals surface area contributed by atoms with Crippen LogP contribution in [-0.2, 0) is 4.79 Å². The summed E-state index contributed by atoms with van der Waals surface area (Å²) in [4.78, 5) is 12.3. The molecule has 1 saturated carbocycles. The SMILES string of the molecule is CC(C)(C)C1CCC(C2C(=O)Nc3ccc(F)cc32)CC1. The van der Waals surface area contributed by atoms with Crippen molar-refractivity contribution in [3.05, 3.63) is 29.6 Å². The minimum atomic E-state index is -0.251. The van der Waals surface area contributed by atoms with E-state index >= 15 is 0 Å². The number of nitrogens with one attached hydrogen (secondary N) is 1. The molecular formula is C18H24FNO. The molecule has 3 rings (SSSR count). The molecule has 1 aromatic rings. The molecule has 0 bridgehead atoms. The molecule has 1 amide bonds. The lowest BCUT2D eigenvalue weighted by molar-refractivity contribution is -0.118. The zero-order valence-electron chi connectivity index (χ0n) is 13.1. The Kier molecular flexibility index (Phi) is 3.54. The molecule has 1 aromatic carbocycles. The molecule has 3 heteroatoms. The van der Waals surface area contributed by atoms with Crippen LogP contribution in [0, 0.1) is 23.1 Å². The highest BCUT2D eigenvalue weighted by Gasteiger charge is 2.40. The van der Waals surface area contributed by atoms with Gasteiger partial charge in [0.15, 0.2) is 0 Å². The largest absolute Gasteiger partial charge is 0.325 e. The molecular weight excluding hydrogens is 265 g/mol. The molecule has 2 nitrogen and oxygen atoms in total. The van der Waals surface area contributed by atoms with Crippen molar-refractivity contribution in [1.82, 2.24) is 0 Å². The summed E-state index contributed by atoms with van der Waals surface area (Å²) in [5, 5.41) is 2.91. The van der Waals surface area contributed by atoms with Crippen molar-refractivity contribution in [2.75, 3.05) is 5.32 Å². The lowest BCUT2D eigenvalue weighted by atomic mass is 9.67. The van der Waals surface area contributed by atoms with E-state index in [1.807, 2.05) is 0 Å². The van der Waals surface area contributed by atoms with E-state index in [1.165, 1.54) is 25.0 Å². The minimum Gasteiger partial charge on any atom is -0.325 e. The van der Waals surface area contributed by atoms with Gasteiger partial charge in [0, 0.05) is 5.69 Å². The van der Waals surface area contributed by atoms with Crippen LogP contribution < -0.4 is 5.32 Å². The Balaban J connectivity index is 1.77. The van der Waals surface area contributed by atoms with Gasteiger partial charge >= 0.3 is 0 Å². The van der Waals surface area contributed by atoms with Crippen molar-refractivity contribution in [2.24, 2.45) is 17.3 Å². The molecule has 0 radical (unpaired) electrons. The molecule has 0 saturated heterocycles. The summed E-state index contributed by atoms with van der Waals surface area (Å²) in [7, 11) is 0. The van der Waals surface area contributed by atoms with E-state index < -0.39 is 0 Å². The third-order valence-corrected chi connectivity index (χ3v) is 5.36. The fourth-order valence-electron chi connectivity index (χ4n) is 4.04. The molecule has 1 aliphatic heterocycles. The quantitative estimate of drug-likeness (QED) is 0.796. The maximum atomic E-state index is 13.5. The molecule has 0 spiro atoms. The highest BCUT2D eigenvalue weighted by Crippen LogP contribution is 2.47. The lowest BCUT2D eigenvalue weighted by Gasteiger charge is -2.38. The fourth-order valence-corrected chi connectivity index (χ4v) is 4.04. The summed E-state index contributed by atoms with van der Waals surface area (Å²) in [6, 6.07) is 4.63. The number of halogens is 1.